The number of rotatable bonds is 7. The molecule has 0 amide bonds. The van der Waals surface area contributed by atoms with E-state index in [4.69, 9.17) is 14.2 Å². The molecule has 1 atom stereocenters. The molecule has 0 saturated heterocycles. The highest BCUT2D eigenvalue weighted by atomic mass is 16.5. The van der Waals surface area contributed by atoms with Crippen LogP contribution < -0.4 is 14.8 Å². The van der Waals surface area contributed by atoms with Crippen molar-refractivity contribution in [3.8, 4) is 11.5 Å². The van der Waals surface area contributed by atoms with E-state index in [9.17, 15) is 0 Å². The number of ether oxygens (including phenoxy) is 3. The SMILES string of the molecule is COCC(C)NCc1nccc(OC)c1OC. The third kappa shape index (κ3) is 3.87. The Kier molecular flexibility index (Phi) is 5.72. The second-order valence-corrected chi connectivity index (χ2v) is 3.73. The second-order valence-electron chi connectivity index (χ2n) is 3.73. The average Bonchev–Trinajstić information content (AvgIpc) is 2.36. The van der Waals surface area contributed by atoms with Crippen LogP contribution in [-0.2, 0) is 11.3 Å². The van der Waals surface area contributed by atoms with Crippen molar-refractivity contribution in [2.24, 2.45) is 0 Å². The Morgan fingerprint density at radius 3 is 2.65 bits per heavy atom. The molecular formula is C12H20N2O3. The summed E-state index contributed by atoms with van der Waals surface area (Å²) in [6.07, 6.45) is 1.71. The molecule has 96 valence electrons. The Hall–Kier alpha value is -1.33. The molecule has 1 N–H and O–H groups in total. The van der Waals surface area contributed by atoms with E-state index in [1.165, 1.54) is 0 Å². The van der Waals surface area contributed by atoms with Gasteiger partial charge in [0.15, 0.2) is 11.5 Å². The topological polar surface area (TPSA) is 52.6 Å². The van der Waals surface area contributed by atoms with Crippen LogP contribution in [0.5, 0.6) is 11.5 Å². The lowest BCUT2D eigenvalue weighted by Crippen LogP contribution is -2.30. The summed E-state index contributed by atoms with van der Waals surface area (Å²) in [4.78, 5) is 4.28. The van der Waals surface area contributed by atoms with E-state index in [1.54, 1.807) is 33.6 Å². The first kappa shape index (κ1) is 13.7. The first-order valence-electron chi connectivity index (χ1n) is 5.51. The number of hydrogen-bond donors (Lipinski definition) is 1. The zero-order valence-electron chi connectivity index (χ0n) is 10.8. The lowest BCUT2D eigenvalue weighted by molar-refractivity contribution is 0.171. The van der Waals surface area contributed by atoms with Crippen molar-refractivity contribution < 1.29 is 14.2 Å². The normalized spacial score (nSPS) is 12.2. The molecule has 1 rings (SSSR count). The van der Waals surface area contributed by atoms with E-state index >= 15 is 0 Å². The highest BCUT2D eigenvalue weighted by Gasteiger charge is 2.11. The second kappa shape index (κ2) is 7.09. The number of aromatic nitrogens is 1. The molecule has 1 aromatic rings. The largest absolute Gasteiger partial charge is 0.493 e. The monoisotopic (exact) mass is 240 g/mol. The van der Waals surface area contributed by atoms with Crippen molar-refractivity contribution in [3.05, 3.63) is 18.0 Å². The maximum Gasteiger partial charge on any atom is 0.183 e. The molecular weight excluding hydrogens is 220 g/mol. The minimum absolute atomic E-state index is 0.262. The molecule has 0 bridgehead atoms. The summed E-state index contributed by atoms with van der Waals surface area (Å²) < 4.78 is 15.6. The summed E-state index contributed by atoms with van der Waals surface area (Å²) in [5, 5.41) is 3.30. The van der Waals surface area contributed by atoms with Crippen molar-refractivity contribution >= 4 is 0 Å². The number of nitrogens with zero attached hydrogens (tertiary/aromatic N) is 1. The molecule has 5 nitrogen and oxygen atoms in total. The van der Waals surface area contributed by atoms with E-state index < -0.39 is 0 Å². The first-order chi connectivity index (χ1) is 8.22. The molecule has 0 aliphatic rings. The quantitative estimate of drug-likeness (QED) is 0.776. The summed E-state index contributed by atoms with van der Waals surface area (Å²) in [6.45, 7) is 3.33. The Bertz CT molecular complexity index is 345. The van der Waals surface area contributed by atoms with Crippen LogP contribution in [0.25, 0.3) is 0 Å². The molecule has 5 heteroatoms. The molecule has 1 aromatic heterocycles. The van der Waals surface area contributed by atoms with Gasteiger partial charge in [0.1, 0.15) is 0 Å². The zero-order valence-corrected chi connectivity index (χ0v) is 10.8. The minimum atomic E-state index is 0.262. The van der Waals surface area contributed by atoms with Crippen LogP contribution in [0.2, 0.25) is 0 Å². The van der Waals surface area contributed by atoms with Gasteiger partial charge in [-0.1, -0.05) is 0 Å². The number of pyridine rings is 1. The van der Waals surface area contributed by atoms with Gasteiger partial charge in [0.05, 0.1) is 26.5 Å². The van der Waals surface area contributed by atoms with E-state index in [1.807, 2.05) is 0 Å². The van der Waals surface area contributed by atoms with Crippen LogP contribution in [0, 0.1) is 0 Å². The lowest BCUT2D eigenvalue weighted by atomic mass is 10.2. The van der Waals surface area contributed by atoms with E-state index in [2.05, 4.69) is 17.2 Å². The van der Waals surface area contributed by atoms with Gasteiger partial charge in [-0.3, -0.25) is 4.98 Å². The highest BCUT2D eigenvalue weighted by Crippen LogP contribution is 2.28. The van der Waals surface area contributed by atoms with Gasteiger partial charge < -0.3 is 19.5 Å². The third-order valence-corrected chi connectivity index (χ3v) is 2.40. The van der Waals surface area contributed by atoms with E-state index in [0.29, 0.717) is 24.7 Å². The van der Waals surface area contributed by atoms with Gasteiger partial charge in [0.25, 0.3) is 0 Å². The molecule has 0 aliphatic carbocycles. The van der Waals surface area contributed by atoms with Gasteiger partial charge in [-0.15, -0.1) is 0 Å². The van der Waals surface area contributed by atoms with Crippen LogP contribution in [-0.4, -0.2) is 39.0 Å². The summed E-state index contributed by atoms with van der Waals surface area (Å²) in [5.74, 6) is 1.37. The van der Waals surface area contributed by atoms with Crippen LogP contribution in [0.1, 0.15) is 12.6 Å². The molecule has 0 saturated carbocycles. The minimum Gasteiger partial charge on any atom is -0.493 e. The van der Waals surface area contributed by atoms with Crippen LogP contribution in [0.4, 0.5) is 0 Å². The van der Waals surface area contributed by atoms with E-state index in [-0.39, 0.29) is 6.04 Å². The van der Waals surface area contributed by atoms with Crippen LogP contribution in [0.3, 0.4) is 0 Å². The smallest absolute Gasteiger partial charge is 0.183 e. The molecule has 0 radical (unpaired) electrons. The fraction of sp³-hybridized carbons (Fsp3) is 0.583. The van der Waals surface area contributed by atoms with Crippen molar-refractivity contribution in [2.45, 2.75) is 19.5 Å². The van der Waals surface area contributed by atoms with Gasteiger partial charge >= 0.3 is 0 Å². The Morgan fingerprint density at radius 1 is 1.29 bits per heavy atom. The van der Waals surface area contributed by atoms with Gasteiger partial charge in [0, 0.05) is 32.0 Å². The van der Waals surface area contributed by atoms with Gasteiger partial charge in [-0.05, 0) is 6.92 Å². The molecule has 0 aliphatic heterocycles. The summed E-state index contributed by atoms with van der Waals surface area (Å²) in [7, 11) is 4.91. The Balaban J connectivity index is 2.70. The Morgan fingerprint density at radius 2 is 2.06 bits per heavy atom. The number of nitrogens with one attached hydrogen (secondary N) is 1. The highest BCUT2D eigenvalue weighted by molar-refractivity contribution is 5.42. The van der Waals surface area contributed by atoms with Crippen molar-refractivity contribution in [3.63, 3.8) is 0 Å². The maximum atomic E-state index is 5.30. The summed E-state index contributed by atoms with van der Waals surface area (Å²) in [6, 6.07) is 2.04. The average molecular weight is 240 g/mol. The van der Waals surface area contributed by atoms with Gasteiger partial charge in [-0.25, -0.2) is 0 Å². The molecule has 17 heavy (non-hydrogen) atoms. The molecule has 0 spiro atoms. The standard InChI is InChI=1S/C12H20N2O3/c1-9(8-15-2)14-7-10-12(17-4)11(16-3)5-6-13-10/h5-6,9,14H,7-8H2,1-4H3. The van der Waals surface area contributed by atoms with Gasteiger partial charge in [-0.2, -0.15) is 0 Å². The fourth-order valence-corrected chi connectivity index (χ4v) is 1.56. The molecule has 1 unspecified atom stereocenters. The molecule has 1 heterocycles. The third-order valence-electron chi connectivity index (χ3n) is 2.40. The first-order valence-corrected chi connectivity index (χ1v) is 5.51. The maximum absolute atomic E-state index is 5.30. The van der Waals surface area contributed by atoms with E-state index in [0.717, 1.165) is 5.69 Å². The lowest BCUT2D eigenvalue weighted by Gasteiger charge is -2.15. The van der Waals surface area contributed by atoms with Crippen LogP contribution >= 0.6 is 0 Å². The van der Waals surface area contributed by atoms with Crippen molar-refractivity contribution in [1.29, 1.82) is 0 Å². The fourth-order valence-electron chi connectivity index (χ4n) is 1.56. The Labute approximate surface area is 102 Å². The predicted molar refractivity (Wildman–Crippen MR) is 65.5 cm³/mol. The summed E-state index contributed by atoms with van der Waals surface area (Å²) >= 11 is 0. The van der Waals surface area contributed by atoms with Gasteiger partial charge in [0.2, 0.25) is 0 Å². The van der Waals surface area contributed by atoms with Crippen LogP contribution in [0.15, 0.2) is 12.3 Å². The predicted octanol–water partition coefficient (Wildman–Crippen LogP) is 1.22. The number of methoxy groups -OCH3 is 3. The van der Waals surface area contributed by atoms with Crippen molar-refractivity contribution in [2.75, 3.05) is 27.9 Å². The number of hydrogen-bond acceptors (Lipinski definition) is 5. The summed E-state index contributed by atoms with van der Waals surface area (Å²) in [5.41, 5.74) is 0.829. The molecule has 0 aromatic carbocycles. The molecule has 0 fully saturated rings. The van der Waals surface area contributed by atoms with Crippen molar-refractivity contribution in [1.82, 2.24) is 10.3 Å². The zero-order chi connectivity index (χ0) is 12.7.